The maximum absolute atomic E-state index is 12.4. The highest BCUT2D eigenvalue weighted by molar-refractivity contribution is 7.99. The van der Waals surface area contributed by atoms with Crippen molar-refractivity contribution in [3.63, 3.8) is 0 Å². The number of hydrogen-bond acceptors (Lipinski definition) is 5. The van der Waals surface area contributed by atoms with Crippen LogP contribution in [0.3, 0.4) is 0 Å². The van der Waals surface area contributed by atoms with Gasteiger partial charge in [-0.2, -0.15) is 0 Å². The molecule has 0 aliphatic heterocycles. The third-order valence-corrected chi connectivity index (χ3v) is 5.27. The number of nitrogens with zero attached hydrogens (tertiary/aromatic N) is 3. The van der Waals surface area contributed by atoms with E-state index in [1.807, 2.05) is 23.6 Å². The fourth-order valence-corrected chi connectivity index (χ4v) is 3.64. The van der Waals surface area contributed by atoms with E-state index in [1.165, 1.54) is 18.7 Å². The Morgan fingerprint density at radius 2 is 1.82 bits per heavy atom. The number of hydrogen-bond donors (Lipinski definition) is 1. The molecule has 0 aliphatic rings. The third-order valence-electron chi connectivity index (χ3n) is 4.05. The first-order valence-corrected chi connectivity index (χ1v) is 10.1. The van der Waals surface area contributed by atoms with Crippen LogP contribution < -0.4 is 5.32 Å². The molecule has 2 aromatic carbocycles. The summed E-state index contributed by atoms with van der Waals surface area (Å²) in [5.74, 6) is 0.577. The van der Waals surface area contributed by atoms with Crippen LogP contribution in [-0.4, -0.2) is 32.2 Å². The summed E-state index contributed by atoms with van der Waals surface area (Å²) < 4.78 is 1.95. The van der Waals surface area contributed by atoms with Crippen molar-refractivity contribution in [3.05, 3.63) is 59.1 Å². The number of anilines is 1. The van der Waals surface area contributed by atoms with Gasteiger partial charge in [-0.1, -0.05) is 35.5 Å². The minimum Gasteiger partial charge on any atom is -0.325 e. The zero-order chi connectivity index (χ0) is 20.1. The molecule has 28 heavy (non-hydrogen) atoms. The van der Waals surface area contributed by atoms with E-state index in [0.29, 0.717) is 28.0 Å². The molecular formula is C20H19ClN4O2S. The van der Waals surface area contributed by atoms with Gasteiger partial charge in [0.15, 0.2) is 16.8 Å². The Kier molecular flexibility index (Phi) is 6.49. The van der Waals surface area contributed by atoms with Gasteiger partial charge in [0, 0.05) is 22.7 Å². The Morgan fingerprint density at radius 1 is 1.11 bits per heavy atom. The van der Waals surface area contributed by atoms with Gasteiger partial charge < -0.3 is 9.88 Å². The number of benzene rings is 2. The zero-order valence-corrected chi connectivity index (χ0v) is 17.0. The molecule has 0 atom stereocenters. The normalized spacial score (nSPS) is 10.7. The Morgan fingerprint density at radius 3 is 2.50 bits per heavy atom. The van der Waals surface area contributed by atoms with Crippen LogP contribution in [0.4, 0.5) is 5.69 Å². The molecule has 144 valence electrons. The molecule has 0 saturated carbocycles. The van der Waals surface area contributed by atoms with Crippen LogP contribution in [0, 0.1) is 0 Å². The maximum atomic E-state index is 12.4. The Hall–Kier alpha value is -2.64. The summed E-state index contributed by atoms with van der Waals surface area (Å²) in [4.78, 5) is 24.0. The number of carbonyl (C=O) groups is 2. The number of nitrogens with one attached hydrogen (secondary N) is 1. The molecule has 6 nitrogen and oxygen atoms in total. The topological polar surface area (TPSA) is 76.9 Å². The summed E-state index contributed by atoms with van der Waals surface area (Å²) in [6.45, 7) is 4.14. The first kappa shape index (κ1) is 20.1. The van der Waals surface area contributed by atoms with Gasteiger partial charge in [-0.15, -0.1) is 10.2 Å². The van der Waals surface area contributed by atoms with Crippen molar-refractivity contribution in [2.75, 3.05) is 11.1 Å². The monoisotopic (exact) mass is 414 g/mol. The standard InChI is InChI=1S/C20H19ClN4O2S/c1-3-25-19(14-8-10-15(21)11-9-14)23-24-20(25)28-12-18(27)22-17-7-5-4-6-16(17)13(2)26/h4-11H,3,12H2,1-2H3,(H,22,27). The largest absolute Gasteiger partial charge is 0.325 e. The quantitative estimate of drug-likeness (QED) is 0.453. The minimum atomic E-state index is -0.211. The van der Waals surface area contributed by atoms with Crippen LogP contribution in [-0.2, 0) is 11.3 Å². The summed E-state index contributed by atoms with van der Waals surface area (Å²) >= 11 is 7.25. The lowest BCUT2D eigenvalue weighted by atomic mass is 10.1. The maximum Gasteiger partial charge on any atom is 0.234 e. The van der Waals surface area contributed by atoms with Crippen LogP contribution in [0.25, 0.3) is 11.4 Å². The lowest BCUT2D eigenvalue weighted by molar-refractivity contribution is -0.113. The second-order valence-electron chi connectivity index (χ2n) is 6.00. The van der Waals surface area contributed by atoms with Crippen molar-refractivity contribution in [2.45, 2.75) is 25.5 Å². The van der Waals surface area contributed by atoms with E-state index in [-0.39, 0.29) is 17.4 Å². The summed E-state index contributed by atoms with van der Waals surface area (Å²) in [6.07, 6.45) is 0. The molecule has 0 aliphatic carbocycles. The van der Waals surface area contributed by atoms with Crippen LogP contribution in [0.15, 0.2) is 53.7 Å². The predicted molar refractivity (Wildman–Crippen MR) is 112 cm³/mol. The number of rotatable bonds is 7. The molecular weight excluding hydrogens is 396 g/mol. The van der Waals surface area contributed by atoms with E-state index in [0.717, 1.165) is 11.4 Å². The number of Topliss-reactive ketones (excluding diaryl/α,β-unsaturated/α-hetero) is 1. The Balaban J connectivity index is 1.70. The fourth-order valence-electron chi connectivity index (χ4n) is 2.71. The highest BCUT2D eigenvalue weighted by Crippen LogP contribution is 2.25. The Labute approximate surface area is 172 Å². The van der Waals surface area contributed by atoms with Crippen molar-refractivity contribution >= 4 is 40.7 Å². The number of aromatic nitrogens is 3. The molecule has 0 fully saturated rings. The third kappa shape index (κ3) is 4.61. The van der Waals surface area contributed by atoms with Gasteiger partial charge in [-0.25, -0.2) is 0 Å². The molecule has 1 aromatic heterocycles. The summed E-state index contributed by atoms with van der Waals surface area (Å²) in [6, 6.07) is 14.3. The lowest BCUT2D eigenvalue weighted by Gasteiger charge is -2.09. The van der Waals surface area contributed by atoms with Crippen LogP contribution in [0.5, 0.6) is 0 Å². The van der Waals surface area contributed by atoms with Crippen molar-refractivity contribution in [3.8, 4) is 11.4 Å². The van der Waals surface area contributed by atoms with Crippen molar-refractivity contribution < 1.29 is 9.59 Å². The first-order valence-electron chi connectivity index (χ1n) is 8.71. The lowest BCUT2D eigenvalue weighted by Crippen LogP contribution is -2.16. The van der Waals surface area contributed by atoms with Gasteiger partial charge in [0.2, 0.25) is 5.91 Å². The number of halogens is 1. The average Bonchev–Trinajstić information content (AvgIpc) is 3.10. The number of carbonyl (C=O) groups excluding carboxylic acids is 2. The molecule has 3 rings (SSSR count). The minimum absolute atomic E-state index is 0.0955. The van der Waals surface area contributed by atoms with E-state index < -0.39 is 0 Å². The van der Waals surface area contributed by atoms with Crippen LogP contribution >= 0.6 is 23.4 Å². The van der Waals surface area contributed by atoms with E-state index in [4.69, 9.17) is 11.6 Å². The molecule has 0 spiro atoms. The van der Waals surface area contributed by atoms with Crippen molar-refractivity contribution in [1.29, 1.82) is 0 Å². The second-order valence-corrected chi connectivity index (χ2v) is 7.37. The molecule has 1 N–H and O–H groups in total. The Bertz CT molecular complexity index is 1000. The average molecular weight is 415 g/mol. The molecule has 0 bridgehead atoms. The number of amides is 1. The SMILES string of the molecule is CCn1c(SCC(=O)Nc2ccccc2C(C)=O)nnc1-c1ccc(Cl)cc1. The summed E-state index contributed by atoms with van der Waals surface area (Å²) in [7, 11) is 0. The fraction of sp³-hybridized carbons (Fsp3) is 0.200. The van der Waals surface area contributed by atoms with E-state index in [9.17, 15) is 9.59 Å². The van der Waals surface area contributed by atoms with Crippen molar-refractivity contribution in [2.24, 2.45) is 0 Å². The van der Waals surface area contributed by atoms with Gasteiger partial charge in [0.25, 0.3) is 0 Å². The second kappa shape index (κ2) is 9.03. The van der Waals surface area contributed by atoms with Gasteiger partial charge >= 0.3 is 0 Å². The molecule has 3 aromatic rings. The number of thioether (sulfide) groups is 1. The summed E-state index contributed by atoms with van der Waals surface area (Å²) in [5.41, 5.74) is 1.91. The highest BCUT2D eigenvalue weighted by atomic mass is 35.5. The van der Waals surface area contributed by atoms with Gasteiger partial charge in [0.1, 0.15) is 0 Å². The molecule has 0 unspecified atom stereocenters. The first-order chi connectivity index (χ1) is 13.5. The zero-order valence-electron chi connectivity index (χ0n) is 15.5. The molecule has 1 amide bonds. The smallest absolute Gasteiger partial charge is 0.234 e. The van der Waals surface area contributed by atoms with E-state index in [1.54, 1.807) is 36.4 Å². The van der Waals surface area contributed by atoms with Crippen LogP contribution in [0.2, 0.25) is 5.02 Å². The highest BCUT2D eigenvalue weighted by Gasteiger charge is 2.15. The molecule has 0 radical (unpaired) electrons. The van der Waals surface area contributed by atoms with E-state index in [2.05, 4.69) is 15.5 Å². The van der Waals surface area contributed by atoms with Crippen LogP contribution in [0.1, 0.15) is 24.2 Å². The number of ketones is 1. The van der Waals surface area contributed by atoms with E-state index >= 15 is 0 Å². The molecule has 8 heteroatoms. The molecule has 0 saturated heterocycles. The predicted octanol–water partition coefficient (Wildman–Crippen LogP) is 4.55. The van der Waals surface area contributed by atoms with Gasteiger partial charge in [0.05, 0.1) is 11.4 Å². The van der Waals surface area contributed by atoms with Crippen molar-refractivity contribution in [1.82, 2.24) is 14.8 Å². The summed E-state index contributed by atoms with van der Waals surface area (Å²) in [5, 5.41) is 12.6. The van der Waals surface area contributed by atoms with Gasteiger partial charge in [-0.05, 0) is 50.2 Å². The van der Waals surface area contributed by atoms with Gasteiger partial charge in [-0.3, -0.25) is 9.59 Å². The molecule has 1 heterocycles. The number of para-hydroxylation sites is 1.